The molecule has 0 heterocycles. The van der Waals surface area contributed by atoms with Gasteiger partial charge in [-0.2, -0.15) is 0 Å². The van der Waals surface area contributed by atoms with Gasteiger partial charge in [0.15, 0.2) is 11.6 Å². The zero-order chi connectivity index (χ0) is 26.7. The number of rotatable bonds is 11. The average Bonchev–Trinajstić information content (AvgIpc) is 2.95. The Labute approximate surface area is 224 Å². The lowest BCUT2D eigenvalue weighted by atomic mass is 10.0. The minimum atomic E-state index is -0.0575. The lowest BCUT2D eigenvalue weighted by Crippen LogP contribution is -2.26. The van der Waals surface area contributed by atoms with Crippen LogP contribution in [-0.4, -0.2) is 24.7 Å². The highest BCUT2D eigenvalue weighted by Crippen LogP contribution is 2.15. The van der Waals surface area contributed by atoms with Crippen molar-refractivity contribution in [1.82, 2.24) is 10.6 Å². The molecule has 0 saturated heterocycles. The molecule has 0 unspecified atom stereocenters. The topological polar surface area (TPSA) is 58.2 Å². The molecule has 4 aromatic rings. The summed E-state index contributed by atoms with van der Waals surface area (Å²) in [7, 11) is 0. The highest BCUT2D eigenvalue weighted by atomic mass is 16.1. The fraction of sp³-hybridized carbons (Fsp3) is 0.118. The van der Waals surface area contributed by atoms with Crippen LogP contribution < -0.4 is 10.6 Å². The van der Waals surface area contributed by atoms with Crippen molar-refractivity contribution in [3.63, 3.8) is 0 Å². The second-order valence-corrected chi connectivity index (χ2v) is 9.16. The molecule has 0 aliphatic rings. The van der Waals surface area contributed by atoms with Crippen molar-refractivity contribution in [1.29, 1.82) is 0 Å². The Bertz CT molecular complexity index is 1310. The quantitative estimate of drug-likeness (QED) is 0.138. The number of ketones is 2. The fourth-order valence-corrected chi connectivity index (χ4v) is 3.97. The van der Waals surface area contributed by atoms with Crippen LogP contribution in [0.5, 0.6) is 0 Å². The van der Waals surface area contributed by atoms with Crippen molar-refractivity contribution in [3.05, 3.63) is 155 Å². The molecule has 0 spiro atoms. The van der Waals surface area contributed by atoms with Gasteiger partial charge in [0.1, 0.15) is 0 Å². The van der Waals surface area contributed by atoms with Crippen LogP contribution >= 0.6 is 0 Å². The molecule has 0 aromatic heterocycles. The van der Waals surface area contributed by atoms with E-state index in [2.05, 4.69) is 10.6 Å². The van der Waals surface area contributed by atoms with E-state index in [1.54, 1.807) is 12.2 Å². The number of hydrogen-bond donors (Lipinski definition) is 2. The summed E-state index contributed by atoms with van der Waals surface area (Å²) in [5, 5.41) is 6.82. The Balaban J connectivity index is 1.48. The average molecular weight is 501 g/mol. The molecule has 0 radical (unpaired) electrons. The van der Waals surface area contributed by atoms with Gasteiger partial charge in [-0.3, -0.25) is 9.59 Å². The van der Waals surface area contributed by atoms with E-state index in [0.717, 1.165) is 33.6 Å². The SMILES string of the molecule is Cc1ccc(C(=O)/C=C(\NCCN/C(=C\C(=O)c2ccc(C)cc2)c2ccccc2)c2ccccc2)cc1. The summed E-state index contributed by atoms with van der Waals surface area (Å²) in [5.41, 5.74) is 6.88. The molecular formula is C34H32N2O2. The maximum atomic E-state index is 13.0. The second kappa shape index (κ2) is 13.0. The van der Waals surface area contributed by atoms with Crippen molar-refractivity contribution in [2.75, 3.05) is 13.1 Å². The van der Waals surface area contributed by atoms with E-state index >= 15 is 0 Å². The third kappa shape index (κ3) is 7.40. The molecule has 0 aliphatic heterocycles. The number of carbonyl (C=O) groups excluding carboxylic acids is 2. The van der Waals surface area contributed by atoms with Crippen molar-refractivity contribution in [2.45, 2.75) is 13.8 Å². The second-order valence-electron chi connectivity index (χ2n) is 9.16. The number of aryl methyl sites for hydroxylation is 2. The first-order valence-electron chi connectivity index (χ1n) is 12.7. The predicted molar refractivity (Wildman–Crippen MR) is 156 cm³/mol. The van der Waals surface area contributed by atoms with Crippen LogP contribution in [0.4, 0.5) is 0 Å². The predicted octanol–water partition coefficient (Wildman–Crippen LogP) is 6.63. The highest BCUT2D eigenvalue weighted by molar-refractivity contribution is 6.09. The molecule has 4 rings (SSSR count). The monoisotopic (exact) mass is 500 g/mol. The Morgan fingerprint density at radius 2 is 0.842 bits per heavy atom. The summed E-state index contributed by atoms with van der Waals surface area (Å²) in [5.74, 6) is -0.115. The lowest BCUT2D eigenvalue weighted by Gasteiger charge is -2.15. The van der Waals surface area contributed by atoms with Crippen LogP contribution in [0.1, 0.15) is 43.0 Å². The standard InChI is InChI=1S/C34H32N2O2/c1-25-13-17-29(18-14-25)33(37)23-31(27-9-5-3-6-10-27)35-21-22-36-32(28-11-7-4-8-12-28)24-34(38)30-19-15-26(2)16-20-30/h3-20,23-24,35-36H,21-22H2,1-2H3/b31-23-,32-24-. The van der Waals surface area contributed by atoms with Gasteiger partial charge in [0.2, 0.25) is 0 Å². The third-order valence-corrected chi connectivity index (χ3v) is 6.15. The fourth-order valence-electron chi connectivity index (χ4n) is 3.97. The molecule has 4 nitrogen and oxygen atoms in total. The first-order chi connectivity index (χ1) is 18.5. The van der Waals surface area contributed by atoms with E-state index in [0.29, 0.717) is 24.2 Å². The Kier molecular flexibility index (Phi) is 9.03. The maximum absolute atomic E-state index is 13.0. The first-order valence-corrected chi connectivity index (χ1v) is 12.7. The van der Waals surface area contributed by atoms with Gasteiger partial charge in [0.05, 0.1) is 0 Å². The Hall–Kier alpha value is -4.70. The molecule has 2 N–H and O–H groups in total. The van der Waals surface area contributed by atoms with Crippen molar-refractivity contribution in [2.24, 2.45) is 0 Å². The molecule has 190 valence electrons. The molecule has 0 saturated carbocycles. The summed E-state index contributed by atoms with van der Waals surface area (Å²) in [6, 6.07) is 34.8. The van der Waals surface area contributed by atoms with E-state index in [-0.39, 0.29) is 11.6 Å². The Morgan fingerprint density at radius 1 is 0.500 bits per heavy atom. The van der Waals surface area contributed by atoms with Gasteiger partial charge in [0.25, 0.3) is 0 Å². The van der Waals surface area contributed by atoms with Crippen LogP contribution in [0, 0.1) is 13.8 Å². The van der Waals surface area contributed by atoms with Crippen molar-refractivity contribution < 1.29 is 9.59 Å². The number of benzene rings is 4. The van der Waals surface area contributed by atoms with Gasteiger partial charge in [0, 0.05) is 47.8 Å². The summed E-state index contributed by atoms with van der Waals surface area (Å²) >= 11 is 0. The van der Waals surface area contributed by atoms with Crippen LogP contribution in [0.15, 0.2) is 121 Å². The summed E-state index contributed by atoms with van der Waals surface area (Å²) in [6.07, 6.45) is 3.30. The zero-order valence-corrected chi connectivity index (χ0v) is 21.8. The molecule has 0 fully saturated rings. The number of allylic oxidation sites excluding steroid dienone is 2. The molecule has 4 heteroatoms. The molecule has 0 aliphatic carbocycles. The minimum absolute atomic E-state index is 0.0575. The normalized spacial score (nSPS) is 11.6. The van der Waals surface area contributed by atoms with Crippen molar-refractivity contribution >= 4 is 23.0 Å². The summed E-state index contributed by atoms with van der Waals surface area (Å²) in [6.45, 7) is 5.09. The van der Waals surface area contributed by atoms with Gasteiger partial charge in [-0.1, -0.05) is 120 Å². The largest absolute Gasteiger partial charge is 0.383 e. The van der Waals surface area contributed by atoms with Crippen LogP contribution in [-0.2, 0) is 0 Å². The molecule has 0 atom stereocenters. The van der Waals surface area contributed by atoms with Crippen molar-refractivity contribution in [3.8, 4) is 0 Å². The van der Waals surface area contributed by atoms with Gasteiger partial charge in [-0.05, 0) is 25.0 Å². The summed E-state index contributed by atoms with van der Waals surface area (Å²) in [4.78, 5) is 25.9. The molecule has 38 heavy (non-hydrogen) atoms. The van der Waals surface area contributed by atoms with Gasteiger partial charge < -0.3 is 10.6 Å². The number of hydrogen-bond acceptors (Lipinski definition) is 4. The molecule has 4 aromatic carbocycles. The van der Waals surface area contributed by atoms with Crippen LogP contribution in [0.25, 0.3) is 11.4 Å². The molecule has 0 bridgehead atoms. The van der Waals surface area contributed by atoms with Gasteiger partial charge in [-0.15, -0.1) is 0 Å². The van der Waals surface area contributed by atoms with E-state index in [1.807, 2.05) is 123 Å². The Morgan fingerprint density at radius 3 is 1.18 bits per heavy atom. The van der Waals surface area contributed by atoms with E-state index < -0.39 is 0 Å². The third-order valence-electron chi connectivity index (χ3n) is 6.15. The zero-order valence-electron chi connectivity index (χ0n) is 21.8. The van der Waals surface area contributed by atoms with E-state index in [1.165, 1.54) is 0 Å². The van der Waals surface area contributed by atoms with E-state index in [4.69, 9.17) is 0 Å². The molecule has 0 amide bonds. The lowest BCUT2D eigenvalue weighted by molar-refractivity contribution is 0.103. The van der Waals surface area contributed by atoms with Crippen LogP contribution in [0.3, 0.4) is 0 Å². The minimum Gasteiger partial charge on any atom is -0.383 e. The highest BCUT2D eigenvalue weighted by Gasteiger charge is 2.09. The summed E-state index contributed by atoms with van der Waals surface area (Å²) < 4.78 is 0. The number of nitrogens with one attached hydrogen (secondary N) is 2. The smallest absolute Gasteiger partial charge is 0.187 e. The van der Waals surface area contributed by atoms with Gasteiger partial charge in [-0.25, -0.2) is 0 Å². The van der Waals surface area contributed by atoms with E-state index in [9.17, 15) is 9.59 Å². The van der Waals surface area contributed by atoms with Gasteiger partial charge >= 0.3 is 0 Å². The first kappa shape index (κ1) is 26.4. The number of carbonyl (C=O) groups is 2. The maximum Gasteiger partial charge on any atom is 0.187 e. The molecular weight excluding hydrogens is 468 g/mol. The van der Waals surface area contributed by atoms with Crippen LogP contribution in [0.2, 0.25) is 0 Å².